The van der Waals surface area contributed by atoms with Crippen LogP contribution in [-0.4, -0.2) is 24.1 Å². The van der Waals surface area contributed by atoms with E-state index in [0.29, 0.717) is 11.1 Å². The molecule has 8 nitrogen and oxygen atoms in total. The maximum Gasteiger partial charge on any atom is 0.275 e. The van der Waals surface area contributed by atoms with Gasteiger partial charge in [-0.2, -0.15) is 5.10 Å². The van der Waals surface area contributed by atoms with Gasteiger partial charge in [0.1, 0.15) is 6.54 Å². The lowest BCUT2D eigenvalue weighted by Crippen LogP contribution is -2.30. The molecule has 1 heterocycles. The molecule has 0 bridgehead atoms. The topological polar surface area (TPSA) is 110 Å². The molecule has 0 unspecified atom stereocenters. The molecule has 0 radical (unpaired) electrons. The van der Waals surface area contributed by atoms with Crippen LogP contribution in [0.1, 0.15) is 5.69 Å². The van der Waals surface area contributed by atoms with Crippen molar-refractivity contribution in [2.45, 2.75) is 18.4 Å². The number of fused-ring (bicyclic) bond motifs is 1. The Bertz CT molecular complexity index is 1530. The molecule has 10 heteroatoms. The van der Waals surface area contributed by atoms with Crippen LogP contribution in [0.3, 0.4) is 0 Å². The minimum absolute atomic E-state index is 0.0583. The molecule has 33 heavy (non-hydrogen) atoms. The largest absolute Gasteiger partial charge is 0.324 e. The summed E-state index contributed by atoms with van der Waals surface area (Å²) in [6.07, 6.45) is 0. The summed E-state index contributed by atoms with van der Waals surface area (Å²) in [5, 5.41) is 8.29. The van der Waals surface area contributed by atoms with Crippen LogP contribution < -0.4 is 15.6 Å². The van der Waals surface area contributed by atoms with Gasteiger partial charge in [0.2, 0.25) is 5.91 Å². The van der Waals surface area contributed by atoms with Crippen molar-refractivity contribution in [2.24, 2.45) is 0 Å². The fourth-order valence-corrected chi connectivity index (χ4v) is 4.70. The minimum atomic E-state index is -3.94. The molecular formula is C23H19ClN4O4S. The average Bonchev–Trinajstić information content (AvgIpc) is 2.79. The quantitative estimate of drug-likeness (QED) is 0.434. The Labute approximate surface area is 194 Å². The fourth-order valence-electron chi connectivity index (χ4n) is 3.34. The predicted octanol–water partition coefficient (Wildman–Crippen LogP) is 3.80. The summed E-state index contributed by atoms with van der Waals surface area (Å²) in [6.45, 7) is 1.44. The maximum atomic E-state index is 12.8. The molecular weight excluding hydrogens is 464 g/mol. The Morgan fingerprint density at radius 2 is 1.70 bits per heavy atom. The number of aryl methyl sites for hydroxylation is 1. The highest BCUT2D eigenvalue weighted by atomic mass is 35.5. The standard InChI is InChI=1S/C23H19ClN4O4S/c1-15-18-9-2-3-10-19(18)23(30)28(26-15)14-22(29)25-16-7-6-8-17(13-16)33(31,32)27-21-12-5-4-11-20(21)24/h2-13,27H,14H2,1H3,(H,25,29). The summed E-state index contributed by atoms with van der Waals surface area (Å²) < 4.78 is 29.0. The van der Waals surface area contributed by atoms with E-state index in [4.69, 9.17) is 11.6 Å². The van der Waals surface area contributed by atoms with Gasteiger partial charge in [-0.25, -0.2) is 13.1 Å². The number of para-hydroxylation sites is 1. The van der Waals surface area contributed by atoms with Crippen molar-refractivity contribution in [3.05, 3.63) is 93.9 Å². The number of carbonyl (C=O) groups excluding carboxylic acids is 1. The number of hydrogen-bond donors (Lipinski definition) is 2. The zero-order chi connectivity index (χ0) is 23.6. The Balaban J connectivity index is 1.54. The van der Waals surface area contributed by atoms with Gasteiger partial charge in [0.25, 0.3) is 15.6 Å². The highest BCUT2D eigenvalue weighted by Crippen LogP contribution is 2.25. The van der Waals surface area contributed by atoms with Crippen molar-refractivity contribution in [3.8, 4) is 0 Å². The van der Waals surface area contributed by atoms with Gasteiger partial charge in [-0.3, -0.25) is 14.3 Å². The van der Waals surface area contributed by atoms with Crippen LogP contribution >= 0.6 is 11.6 Å². The van der Waals surface area contributed by atoms with Gasteiger partial charge < -0.3 is 5.32 Å². The van der Waals surface area contributed by atoms with Crippen molar-refractivity contribution in [2.75, 3.05) is 10.0 Å². The third-order valence-electron chi connectivity index (χ3n) is 4.89. The number of aromatic nitrogens is 2. The lowest BCUT2D eigenvalue weighted by molar-refractivity contribution is -0.117. The number of sulfonamides is 1. The van der Waals surface area contributed by atoms with Gasteiger partial charge in [-0.1, -0.05) is 48.0 Å². The van der Waals surface area contributed by atoms with Gasteiger partial charge in [0, 0.05) is 11.1 Å². The van der Waals surface area contributed by atoms with Crippen molar-refractivity contribution in [1.82, 2.24) is 9.78 Å². The molecule has 0 atom stereocenters. The second-order valence-corrected chi connectivity index (χ2v) is 9.34. The highest BCUT2D eigenvalue weighted by molar-refractivity contribution is 7.92. The van der Waals surface area contributed by atoms with E-state index in [2.05, 4.69) is 15.1 Å². The highest BCUT2D eigenvalue weighted by Gasteiger charge is 2.17. The number of amides is 1. The van der Waals surface area contributed by atoms with Crippen molar-refractivity contribution in [3.63, 3.8) is 0 Å². The molecule has 1 amide bonds. The number of benzene rings is 3. The van der Waals surface area contributed by atoms with Crippen LogP contribution in [0.2, 0.25) is 5.02 Å². The van der Waals surface area contributed by atoms with E-state index in [0.717, 1.165) is 10.1 Å². The summed E-state index contributed by atoms with van der Waals surface area (Å²) in [5.41, 5.74) is 0.738. The first kappa shape index (κ1) is 22.5. The Morgan fingerprint density at radius 1 is 1.00 bits per heavy atom. The maximum absolute atomic E-state index is 12.8. The zero-order valence-corrected chi connectivity index (χ0v) is 19.0. The van der Waals surface area contributed by atoms with Crippen LogP contribution in [-0.2, 0) is 21.4 Å². The zero-order valence-electron chi connectivity index (χ0n) is 17.4. The predicted molar refractivity (Wildman–Crippen MR) is 128 cm³/mol. The molecule has 0 saturated heterocycles. The Kier molecular flexibility index (Phi) is 6.17. The summed E-state index contributed by atoms with van der Waals surface area (Å²) >= 11 is 6.04. The summed E-state index contributed by atoms with van der Waals surface area (Å²) in [6, 6.07) is 19.3. The Morgan fingerprint density at radius 3 is 2.45 bits per heavy atom. The smallest absolute Gasteiger partial charge is 0.275 e. The van der Waals surface area contributed by atoms with E-state index < -0.39 is 15.9 Å². The van der Waals surface area contributed by atoms with Gasteiger partial charge in [0.15, 0.2) is 0 Å². The van der Waals surface area contributed by atoms with Crippen LogP contribution in [0.15, 0.2) is 82.5 Å². The van der Waals surface area contributed by atoms with Crippen LogP contribution in [0, 0.1) is 6.92 Å². The van der Waals surface area contributed by atoms with Gasteiger partial charge in [-0.05, 0) is 43.3 Å². The lowest BCUT2D eigenvalue weighted by atomic mass is 10.1. The van der Waals surface area contributed by atoms with Crippen molar-refractivity contribution < 1.29 is 13.2 Å². The third-order valence-corrected chi connectivity index (χ3v) is 6.58. The molecule has 0 saturated carbocycles. The molecule has 1 aromatic heterocycles. The molecule has 0 spiro atoms. The fraction of sp³-hybridized carbons (Fsp3) is 0.0870. The van der Waals surface area contributed by atoms with Crippen LogP contribution in [0.25, 0.3) is 10.8 Å². The molecule has 4 aromatic rings. The molecule has 0 aliphatic carbocycles. The first-order chi connectivity index (χ1) is 15.7. The number of nitrogens with one attached hydrogen (secondary N) is 2. The van der Waals surface area contributed by atoms with E-state index in [1.165, 1.54) is 18.2 Å². The van der Waals surface area contributed by atoms with Gasteiger partial charge >= 0.3 is 0 Å². The van der Waals surface area contributed by atoms with E-state index >= 15 is 0 Å². The second-order valence-electron chi connectivity index (χ2n) is 7.26. The van der Waals surface area contributed by atoms with Gasteiger partial charge in [0.05, 0.1) is 26.7 Å². The van der Waals surface area contributed by atoms with Crippen molar-refractivity contribution >= 4 is 49.7 Å². The molecule has 4 rings (SSSR count). The SMILES string of the molecule is Cc1nn(CC(=O)Nc2cccc(S(=O)(=O)Nc3ccccc3Cl)c2)c(=O)c2ccccc12. The number of halogens is 1. The molecule has 2 N–H and O–H groups in total. The monoisotopic (exact) mass is 482 g/mol. The summed E-state index contributed by atoms with van der Waals surface area (Å²) in [7, 11) is -3.94. The van der Waals surface area contributed by atoms with E-state index in [1.54, 1.807) is 55.5 Å². The molecule has 0 aliphatic heterocycles. The average molecular weight is 483 g/mol. The summed E-state index contributed by atoms with van der Waals surface area (Å²) in [5.74, 6) is -0.520. The first-order valence-electron chi connectivity index (χ1n) is 9.88. The van der Waals surface area contributed by atoms with Crippen LogP contribution in [0.4, 0.5) is 11.4 Å². The first-order valence-corrected chi connectivity index (χ1v) is 11.7. The van der Waals surface area contributed by atoms with Gasteiger partial charge in [-0.15, -0.1) is 0 Å². The molecule has 0 fully saturated rings. The normalized spacial score (nSPS) is 11.3. The van der Waals surface area contributed by atoms with E-state index in [-0.39, 0.29) is 33.4 Å². The van der Waals surface area contributed by atoms with E-state index in [1.807, 2.05) is 6.07 Å². The van der Waals surface area contributed by atoms with E-state index in [9.17, 15) is 18.0 Å². The number of carbonyl (C=O) groups is 1. The van der Waals surface area contributed by atoms with Crippen molar-refractivity contribution in [1.29, 1.82) is 0 Å². The number of anilines is 2. The third kappa shape index (κ3) is 4.89. The minimum Gasteiger partial charge on any atom is -0.324 e. The lowest BCUT2D eigenvalue weighted by Gasteiger charge is -2.12. The number of hydrogen-bond acceptors (Lipinski definition) is 5. The second kappa shape index (κ2) is 9.05. The molecule has 3 aromatic carbocycles. The molecule has 168 valence electrons. The van der Waals surface area contributed by atoms with Crippen LogP contribution in [0.5, 0.6) is 0 Å². The molecule has 0 aliphatic rings. The number of nitrogens with zero attached hydrogens (tertiary/aromatic N) is 2. The Hall–Kier alpha value is -3.69. The summed E-state index contributed by atoms with van der Waals surface area (Å²) in [4.78, 5) is 25.2. The number of rotatable bonds is 6.